The molecule has 1 rings (SSSR count). The van der Waals surface area contributed by atoms with Crippen LogP contribution in [-0.4, -0.2) is 10.4 Å². The van der Waals surface area contributed by atoms with Gasteiger partial charge < -0.3 is 5.11 Å². The van der Waals surface area contributed by atoms with Gasteiger partial charge in [0.25, 0.3) is 0 Å². The lowest BCUT2D eigenvalue weighted by molar-refractivity contribution is 0.471. The molecule has 1 aromatic carbocycles. The lowest BCUT2D eigenvalue weighted by Gasteiger charge is -2.01. The number of hydrogen-bond acceptors (Lipinski definition) is 1. The summed E-state index contributed by atoms with van der Waals surface area (Å²) in [6, 6.07) is 5.52. The van der Waals surface area contributed by atoms with Gasteiger partial charge in [-0.2, -0.15) is 0 Å². The van der Waals surface area contributed by atoms with Crippen LogP contribution in [0, 0.1) is 6.92 Å². The van der Waals surface area contributed by atoms with E-state index in [4.69, 9.17) is 0 Å². The summed E-state index contributed by atoms with van der Waals surface area (Å²) in [7, 11) is 0. The van der Waals surface area contributed by atoms with Gasteiger partial charge in [-0.05, 0) is 24.1 Å². The summed E-state index contributed by atoms with van der Waals surface area (Å²) in [6.45, 7) is 1.91. The van der Waals surface area contributed by atoms with E-state index in [-0.39, 0.29) is 0 Å². The molecule has 0 saturated heterocycles. The molecule has 0 fully saturated rings. The Balaban J connectivity index is 3.00. The van der Waals surface area contributed by atoms with Crippen LogP contribution in [0.4, 0.5) is 0 Å². The monoisotopic (exact) mass is 226 g/mol. The number of halogens is 1. The van der Waals surface area contributed by atoms with Gasteiger partial charge in [-0.1, -0.05) is 40.2 Å². The van der Waals surface area contributed by atoms with Crippen molar-refractivity contribution >= 4 is 22.0 Å². The van der Waals surface area contributed by atoms with E-state index >= 15 is 0 Å². The zero-order valence-electron chi connectivity index (χ0n) is 6.92. The standard InChI is InChI=1S/C10H11BrO/c1-8-9(5-3-7-11)4-2-6-10(8)12/h2-6,12H,7H2,1H3. The zero-order valence-corrected chi connectivity index (χ0v) is 8.51. The maximum atomic E-state index is 9.35. The molecule has 0 amide bonds. The van der Waals surface area contributed by atoms with Gasteiger partial charge in [0.1, 0.15) is 5.75 Å². The predicted molar refractivity (Wildman–Crippen MR) is 55.7 cm³/mol. The lowest BCUT2D eigenvalue weighted by Crippen LogP contribution is -1.80. The molecule has 0 spiro atoms. The highest BCUT2D eigenvalue weighted by Gasteiger charge is 1.97. The summed E-state index contributed by atoms with van der Waals surface area (Å²) in [6.07, 6.45) is 3.99. The molecule has 0 bridgehead atoms. The predicted octanol–water partition coefficient (Wildman–Crippen LogP) is 3.11. The van der Waals surface area contributed by atoms with Crippen LogP contribution < -0.4 is 0 Å². The third kappa shape index (κ3) is 2.11. The van der Waals surface area contributed by atoms with E-state index in [1.165, 1.54) is 0 Å². The first-order valence-corrected chi connectivity index (χ1v) is 4.89. The molecule has 64 valence electrons. The minimum Gasteiger partial charge on any atom is -0.508 e. The van der Waals surface area contributed by atoms with E-state index in [2.05, 4.69) is 15.9 Å². The van der Waals surface area contributed by atoms with Gasteiger partial charge in [0.05, 0.1) is 0 Å². The number of rotatable bonds is 2. The van der Waals surface area contributed by atoms with Crippen molar-refractivity contribution in [1.82, 2.24) is 0 Å². The number of phenols is 1. The highest BCUT2D eigenvalue weighted by atomic mass is 79.9. The fraction of sp³-hybridized carbons (Fsp3) is 0.200. The molecule has 0 aliphatic carbocycles. The van der Waals surface area contributed by atoms with Crippen molar-refractivity contribution in [1.29, 1.82) is 0 Å². The molecule has 1 nitrogen and oxygen atoms in total. The van der Waals surface area contributed by atoms with E-state index in [1.54, 1.807) is 6.07 Å². The van der Waals surface area contributed by atoms with Crippen molar-refractivity contribution < 1.29 is 5.11 Å². The zero-order chi connectivity index (χ0) is 8.97. The van der Waals surface area contributed by atoms with Gasteiger partial charge in [0.15, 0.2) is 0 Å². The number of allylic oxidation sites excluding steroid dienone is 1. The number of hydrogen-bond donors (Lipinski definition) is 1. The summed E-state index contributed by atoms with van der Waals surface area (Å²) in [5.41, 5.74) is 1.99. The summed E-state index contributed by atoms with van der Waals surface area (Å²) < 4.78 is 0. The molecule has 1 N–H and O–H groups in total. The minimum absolute atomic E-state index is 0.353. The quantitative estimate of drug-likeness (QED) is 0.769. The Hall–Kier alpha value is -0.760. The van der Waals surface area contributed by atoms with Crippen molar-refractivity contribution in [2.24, 2.45) is 0 Å². The van der Waals surface area contributed by atoms with Crippen molar-refractivity contribution in [3.8, 4) is 5.75 Å². The largest absolute Gasteiger partial charge is 0.508 e. The van der Waals surface area contributed by atoms with Crippen LogP contribution in [-0.2, 0) is 0 Å². The van der Waals surface area contributed by atoms with Crippen LogP contribution in [0.25, 0.3) is 6.08 Å². The van der Waals surface area contributed by atoms with Gasteiger partial charge >= 0.3 is 0 Å². The molecule has 0 aliphatic heterocycles. The first kappa shape index (κ1) is 9.33. The van der Waals surface area contributed by atoms with Crippen LogP contribution in [0.15, 0.2) is 24.3 Å². The van der Waals surface area contributed by atoms with E-state index in [0.717, 1.165) is 16.5 Å². The highest BCUT2D eigenvalue weighted by molar-refractivity contribution is 9.09. The molecule has 2 heteroatoms. The topological polar surface area (TPSA) is 20.2 Å². The maximum Gasteiger partial charge on any atom is 0.119 e. The van der Waals surface area contributed by atoms with E-state index < -0.39 is 0 Å². The van der Waals surface area contributed by atoms with Crippen LogP contribution >= 0.6 is 15.9 Å². The Morgan fingerprint density at radius 2 is 2.25 bits per heavy atom. The fourth-order valence-electron chi connectivity index (χ4n) is 0.993. The van der Waals surface area contributed by atoms with Crippen LogP contribution in [0.3, 0.4) is 0 Å². The second-order valence-corrected chi connectivity index (χ2v) is 3.20. The summed E-state index contributed by atoms with van der Waals surface area (Å²) in [5.74, 6) is 0.353. The first-order chi connectivity index (χ1) is 5.75. The Morgan fingerprint density at radius 3 is 2.92 bits per heavy atom. The number of phenolic OH excluding ortho intramolecular Hbond substituents is 1. The smallest absolute Gasteiger partial charge is 0.119 e. The van der Waals surface area contributed by atoms with Crippen molar-refractivity contribution in [2.45, 2.75) is 6.92 Å². The van der Waals surface area contributed by atoms with Crippen molar-refractivity contribution in [2.75, 3.05) is 5.33 Å². The molecule has 0 unspecified atom stereocenters. The Morgan fingerprint density at radius 1 is 1.50 bits per heavy atom. The molecule has 12 heavy (non-hydrogen) atoms. The maximum absolute atomic E-state index is 9.35. The molecule has 1 aromatic rings. The SMILES string of the molecule is Cc1c(O)cccc1C=CCBr. The molecular weight excluding hydrogens is 216 g/mol. The Labute approximate surface area is 80.9 Å². The average molecular weight is 227 g/mol. The summed E-state index contributed by atoms with van der Waals surface area (Å²) in [5, 5.41) is 10.2. The van der Waals surface area contributed by atoms with E-state index in [1.807, 2.05) is 31.2 Å². The minimum atomic E-state index is 0.353. The first-order valence-electron chi connectivity index (χ1n) is 3.77. The molecule has 0 atom stereocenters. The second-order valence-electron chi connectivity index (χ2n) is 2.55. The highest BCUT2D eigenvalue weighted by Crippen LogP contribution is 2.20. The average Bonchev–Trinajstić information content (AvgIpc) is 2.08. The summed E-state index contributed by atoms with van der Waals surface area (Å²) in [4.78, 5) is 0. The Kier molecular flexibility index (Phi) is 3.35. The van der Waals surface area contributed by atoms with Crippen LogP contribution in [0.2, 0.25) is 0 Å². The van der Waals surface area contributed by atoms with Crippen LogP contribution in [0.5, 0.6) is 5.75 Å². The lowest BCUT2D eigenvalue weighted by atomic mass is 10.1. The van der Waals surface area contributed by atoms with Gasteiger partial charge in [-0.15, -0.1) is 0 Å². The van der Waals surface area contributed by atoms with Crippen molar-refractivity contribution in [3.63, 3.8) is 0 Å². The molecule has 0 aliphatic rings. The fourth-order valence-corrected chi connectivity index (χ4v) is 1.18. The number of benzene rings is 1. The molecular formula is C10H11BrO. The van der Waals surface area contributed by atoms with Crippen molar-refractivity contribution in [3.05, 3.63) is 35.4 Å². The normalized spacial score (nSPS) is 10.8. The van der Waals surface area contributed by atoms with Gasteiger partial charge in [-0.3, -0.25) is 0 Å². The molecule has 0 saturated carbocycles. The third-order valence-corrected chi connectivity index (χ3v) is 2.11. The van der Waals surface area contributed by atoms with Gasteiger partial charge in [0.2, 0.25) is 0 Å². The Bertz CT molecular complexity index is 292. The van der Waals surface area contributed by atoms with Gasteiger partial charge in [0, 0.05) is 5.33 Å². The third-order valence-electron chi connectivity index (χ3n) is 1.73. The molecule has 0 aromatic heterocycles. The second kappa shape index (κ2) is 4.31. The van der Waals surface area contributed by atoms with E-state index in [0.29, 0.717) is 5.75 Å². The number of alkyl halides is 1. The molecule has 0 radical (unpaired) electrons. The molecule has 0 heterocycles. The number of aromatic hydroxyl groups is 1. The van der Waals surface area contributed by atoms with E-state index in [9.17, 15) is 5.11 Å². The van der Waals surface area contributed by atoms with Crippen LogP contribution in [0.1, 0.15) is 11.1 Å². The van der Waals surface area contributed by atoms with Gasteiger partial charge in [-0.25, -0.2) is 0 Å². The summed E-state index contributed by atoms with van der Waals surface area (Å²) >= 11 is 3.30.